The maximum absolute atomic E-state index is 13.3. The number of halogens is 2. The van der Waals surface area contributed by atoms with Crippen LogP contribution in [0, 0.1) is 5.82 Å². The van der Waals surface area contributed by atoms with Crippen molar-refractivity contribution in [2.75, 3.05) is 13.2 Å². The van der Waals surface area contributed by atoms with E-state index in [1.165, 1.54) is 29.1 Å². The molecule has 1 aliphatic heterocycles. The van der Waals surface area contributed by atoms with Gasteiger partial charge in [0, 0.05) is 12.5 Å². The van der Waals surface area contributed by atoms with Crippen molar-refractivity contribution in [1.82, 2.24) is 9.55 Å². The Morgan fingerprint density at radius 2 is 2.04 bits per heavy atom. The molecule has 0 aliphatic carbocycles. The van der Waals surface area contributed by atoms with Crippen molar-refractivity contribution in [3.05, 3.63) is 63.4 Å². The van der Waals surface area contributed by atoms with E-state index in [1.54, 1.807) is 6.07 Å². The van der Waals surface area contributed by atoms with Gasteiger partial charge in [-0.15, -0.1) is 0 Å². The van der Waals surface area contributed by atoms with Crippen molar-refractivity contribution in [2.45, 2.75) is 13.0 Å². The van der Waals surface area contributed by atoms with Gasteiger partial charge in [-0.2, -0.15) is 0 Å². The fourth-order valence-corrected chi connectivity index (χ4v) is 3.10. The molecule has 1 aromatic heterocycles. The molecule has 0 spiro atoms. The highest BCUT2D eigenvalue weighted by molar-refractivity contribution is 6.32. The second kappa shape index (κ2) is 6.37. The summed E-state index contributed by atoms with van der Waals surface area (Å²) >= 11 is 6.29. The minimum absolute atomic E-state index is 0.242. The number of rotatable bonds is 2. The van der Waals surface area contributed by atoms with Crippen molar-refractivity contribution < 1.29 is 13.9 Å². The van der Waals surface area contributed by atoms with Crippen LogP contribution in [-0.4, -0.2) is 22.8 Å². The van der Waals surface area contributed by atoms with Crippen LogP contribution in [0.2, 0.25) is 5.02 Å². The van der Waals surface area contributed by atoms with E-state index < -0.39 is 5.82 Å². The lowest BCUT2D eigenvalue weighted by atomic mass is 10.2. The molecule has 0 saturated carbocycles. The summed E-state index contributed by atoms with van der Waals surface area (Å²) in [5.41, 5.74) is 0.880. The normalized spacial score (nSPS) is 13.7. The van der Waals surface area contributed by atoms with E-state index >= 15 is 0 Å². The third kappa shape index (κ3) is 3.05. The summed E-state index contributed by atoms with van der Waals surface area (Å²) in [4.78, 5) is 16.7. The average Bonchev–Trinajstić information content (AvgIpc) is 2.83. The van der Waals surface area contributed by atoms with Crippen LogP contribution < -0.4 is 15.0 Å². The summed E-state index contributed by atoms with van der Waals surface area (Å²) in [5.74, 6) is 0.679. The molecule has 0 fully saturated rings. The van der Waals surface area contributed by atoms with Crippen LogP contribution in [0.5, 0.6) is 11.5 Å². The zero-order valence-electron chi connectivity index (χ0n) is 13.2. The van der Waals surface area contributed by atoms with Crippen LogP contribution in [0.25, 0.3) is 10.9 Å². The average molecular weight is 361 g/mol. The molecule has 0 bridgehead atoms. The first kappa shape index (κ1) is 15.9. The molecule has 0 saturated heterocycles. The number of fused-ring (bicyclic) bond motifs is 2. The molecule has 25 heavy (non-hydrogen) atoms. The van der Waals surface area contributed by atoms with Crippen molar-refractivity contribution in [1.29, 1.82) is 0 Å². The smallest absolute Gasteiger partial charge is 0.261 e. The van der Waals surface area contributed by atoms with Gasteiger partial charge >= 0.3 is 0 Å². The molecule has 3 aromatic rings. The fourth-order valence-electron chi connectivity index (χ4n) is 2.82. The van der Waals surface area contributed by atoms with Crippen LogP contribution in [0.3, 0.4) is 0 Å². The number of benzene rings is 2. The number of hydrogen-bond acceptors (Lipinski definition) is 4. The second-order valence-electron chi connectivity index (χ2n) is 5.79. The second-order valence-corrected chi connectivity index (χ2v) is 6.20. The molecule has 7 heteroatoms. The molecule has 2 aromatic carbocycles. The molecule has 0 atom stereocenters. The molecule has 2 heterocycles. The lowest BCUT2D eigenvalue weighted by Crippen LogP contribution is -2.21. The van der Waals surface area contributed by atoms with Gasteiger partial charge in [0.25, 0.3) is 5.56 Å². The Labute approximate surface area is 147 Å². The zero-order chi connectivity index (χ0) is 17.4. The summed E-state index contributed by atoms with van der Waals surface area (Å²) in [6.45, 7) is 1.38. The maximum atomic E-state index is 13.3. The van der Waals surface area contributed by atoms with Crippen LogP contribution in [0.1, 0.15) is 12.0 Å². The Bertz CT molecular complexity index is 1020. The first-order chi connectivity index (χ1) is 12.1. The lowest BCUT2D eigenvalue weighted by molar-refractivity contribution is 0.297. The van der Waals surface area contributed by atoms with Gasteiger partial charge in [-0.3, -0.25) is 9.36 Å². The van der Waals surface area contributed by atoms with E-state index in [1.807, 2.05) is 6.07 Å². The Balaban J connectivity index is 1.73. The zero-order valence-corrected chi connectivity index (χ0v) is 13.9. The van der Waals surface area contributed by atoms with E-state index in [2.05, 4.69) is 4.98 Å². The highest BCUT2D eigenvalue weighted by Crippen LogP contribution is 2.38. The minimum Gasteiger partial charge on any atom is -0.489 e. The molecular formula is C18H14ClFN2O3. The van der Waals surface area contributed by atoms with Gasteiger partial charge in [0.1, 0.15) is 5.82 Å². The standard InChI is InChI=1S/C18H14ClFN2O3/c19-14-6-11(7-16-17(14)25-5-1-4-24-16)9-22-10-21-15-8-12(20)2-3-13(15)18(22)23/h2-3,6-8,10H,1,4-5,9H2. The summed E-state index contributed by atoms with van der Waals surface area (Å²) in [5, 5.41) is 0.808. The maximum Gasteiger partial charge on any atom is 0.261 e. The van der Waals surface area contributed by atoms with Crippen LogP contribution in [-0.2, 0) is 6.54 Å². The van der Waals surface area contributed by atoms with E-state index in [9.17, 15) is 9.18 Å². The van der Waals surface area contributed by atoms with Gasteiger partial charge in [-0.05, 0) is 29.8 Å². The predicted octanol–water partition coefficient (Wildman–Crippen LogP) is 3.40. The number of hydrogen-bond donors (Lipinski definition) is 0. The van der Waals surface area contributed by atoms with E-state index in [4.69, 9.17) is 21.1 Å². The van der Waals surface area contributed by atoms with Crippen LogP contribution >= 0.6 is 11.6 Å². The van der Waals surface area contributed by atoms with E-state index in [0.717, 1.165) is 12.0 Å². The number of ether oxygens (including phenoxy) is 2. The molecule has 5 nitrogen and oxygen atoms in total. The minimum atomic E-state index is -0.424. The van der Waals surface area contributed by atoms with E-state index in [0.29, 0.717) is 40.6 Å². The first-order valence-corrected chi connectivity index (χ1v) is 8.22. The van der Waals surface area contributed by atoms with Gasteiger partial charge in [-0.1, -0.05) is 11.6 Å². The number of nitrogens with zero attached hydrogens (tertiary/aromatic N) is 2. The van der Waals surface area contributed by atoms with Crippen molar-refractivity contribution in [3.8, 4) is 11.5 Å². The first-order valence-electron chi connectivity index (χ1n) is 7.84. The lowest BCUT2D eigenvalue weighted by Gasteiger charge is -2.12. The summed E-state index contributed by atoms with van der Waals surface area (Å²) in [7, 11) is 0. The molecule has 0 unspecified atom stereocenters. The monoisotopic (exact) mass is 360 g/mol. The molecule has 0 amide bonds. The quantitative estimate of drug-likeness (QED) is 0.703. The largest absolute Gasteiger partial charge is 0.489 e. The Hall–Kier alpha value is -2.60. The molecule has 4 rings (SSSR count). The molecule has 0 N–H and O–H groups in total. The highest BCUT2D eigenvalue weighted by Gasteiger charge is 2.16. The third-order valence-corrected chi connectivity index (χ3v) is 4.28. The Morgan fingerprint density at radius 1 is 1.20 bits per heavy atom. The van der Waals surface area contributed by atoms with E-state index in [-0.39, 0.29) is 12.1 Å². The SMILES string of the molecule is O=c1c2ccc(F)cc2ncn1Cc1cc(Cl)c2c(c1)OCCCO2. The summed E-state index contributed by atoms with van der Waals surface area (Å²) in [6.07, 6.45) is 2.19. The fraction of sp³-hybridized carbons (Fsp3) is 0.222. The van der Waals surface area contributed by atoms with Gasteiger partial charge in [0.15, 0.2) is 11.5 Å². The number of aromatic nitrogens is 2. The van der Waals surface area contributed by atoms with Crippen LogP contribution in [0.4, 0.5) is 4.39 Å². The molecule has 0 radical (unpaired) electrons. The topological polar surface area (TPSA) is 53.4 Å². The predicted molar refractivity (Wildman–Crippen MR) is 92.1 cm³/mol. The van der Waals surface area contributed by atoms with Crippen molar-refractivity contribution in [2.24, 2.45) is 0 Å². The van der Waals surface area contributed by atoms with Gasteiger partial charge < -0.3 is 9.47 Å². The summed E-state index contributed by atoms with van der Waals surface area (Å²) in [6, 6.07) is 7.49. The molecule has 128 valence electrons. The third-order valence-electron chi connectivity index (χ3n) is 4.00. The Morgan fingerprint density at radius 3 is 2.92 bits per heavy atom. The molecular weight excluding hydrogens is 347 g/mol. The van der Waals surface area contributed by atoms with Crippen molar-refractivity contribution >= 4 is 22.5 Å². The summed E-state index contributed by atoms with van der Waals surface area (Å²) < 4.78 is 26.0. The van der Waals surface area contributed by atoms with Crippen molar-refractivity contribution in [3.63, 3.8) is 0 Å². The highest BCUT2D eigenvalue weighted by atomic mass is 35.5. The van der Waals surface area contributed by atoms with Gasteiger partial charge in [-0.25, -0.2) is 9.37 Å². The van der Waals surface area contributed by atoms with Gasteiger partial charge in [0.2, 0.25) is 0 Å². The van der Waals surface area contributed by atoms with Gasteiger partial charge in [0.05, 0.1) is 42.0 Å². The molecule has 1 aliphatic rings. The Kier molecular flexibility index (Phi) is 4.05. The van der Waals surface area contributed by atoms with Crippen LogP contribution in [0.15, 0.2) is 41.5 Å².